The van der Waals surface area contributed by atoms with Gasteiger partial charge in [0.05, 0.1) is 19.3 Å². The minimum absolute atomic E-state index is 0. The second-order valence-electron chi connectivity index (χ2n) is 8.07. The second kappa shape index (κ2) is 10.8. The van der Waals surface area contributed by atoms with Crippen LogP contribution in [0.5, 0.6) is 0 Å². The van der Waals surface area contributed by atoms with Crippen LogP contribution in [0, 0.1) is 0 Å². The maximum Gasteiger partial charge on any atom is 0.194 e. The molecule has 2 unspecified atom stereocenters. The standard InChI is InChI=1S/C22H34N4O2.HI/c1-3-23-22(26-11-13-28-21(16-26)20-7-5-12-27-20)24-15-17-8-9-19-18(14-17)6-4-10-25(19)2;/h8-9,14,20-21H,3-7,10-13,15-16H2,1-2H3,(H,23,24);1H. The number of guanidine groups is 1. The van der Waals surface area contributed by atoms with Gasteiger partial charge in [-0.3, -0.25) is 0 Å². The summed E-state index contributed by atoms with van der Waals surface area (Å²) in [4.78, 5) is 9.65. The molecule has 4 rings (SSSR count). The Bertz CT molecular complexity index is 693. The third kappa shape index (κ3) is 5.55. The van der Waals surface area contributed by atoms with E-state index in [1.807, 2.05) is 0 Å². The van der Waals surface area contributed by atoms with Crippen molar-refractivity contribution in [2.75, 3.05) is 51.3 Å². The first-order valence-corrected chi connectivity index (χ1v) is 10.8. The van der Waals surface area contributed by atoms with Gasteiger partial charge in [-0.2, -0.15) is 0 Å². The van der Waals surface area contributed by atoms with Crippen LogP contribution < -0.4 is 10.2 Å². The first kappa shape index (κ1) is 22.6. The molecule has 2 fully saturated rings. The van der Waals surface area contributed by atoms with Crippen LogP contribution >= 0.6 is 24.0 Å². The van der Waals surface area contributed by atoms with Crippen molar-refractivity contribution in [3.05, 3.63) is 29.3 Å². The van der Waals surface area contributed by atoms with Crippen LogP contribution in [0.3, 0.4) is 0 Å². The Kier molecular flexibility index (Phi) is 8.44. The molecule has 2 atom stereocenters. The molecule has 0 amide bonds. The summed E-state index contributed by atoms with van der Waals surface area (Å²) in [5.74, 6) is 0.989. The van der Waals surface area contributed by atoms with E-state index in [0.29, 0.717) is 6.54 Å². The van der Waals surface area contributed by atoms with E-state index in [2.05, 4.69) is 47.3 Å². The van der Waals surface area contributed by atoms with E-state index in [1.165, 1.54) is 29.7 Å². The van der Waals surface area contributed by atoms with Crippen molar-refractivity contribution in [2.24, 2.45) is 4.99 Å². The number of anilines is 1. The third-order valence-corrected chi connectivity index (χ3v) is 6.01. The van der Waals surface area contributed by atoms with Crippen molar-refractivity contribution >= 4 is 35.6 Å². The summed E-state index contributed by atoms with van der Waals surface area (Å²) in [5.41, 5.74) is 4.11. The Balaban J connectivity index is 0.00000240. The number of halogens is 1. The van der Waals surface area contributed by atoms with Crippen LogP contribution in [0.2, 0.25) is 0 Å². The molecule has 0 radical (unpaired) electrons. The zero-order valence-corrected chi connectivity index (χ0v) is 20.1. The van der Waals surface area contributed by atoms with Gasteiger partial charge < -0.3 is 24.6 Å². The Labute approximate surface area is 192 Å². The molecule has 2 saturated heterocycles. The molecule has 0 bridgehead atoms. The van der Waals surface area contributed by atoms with E-state index in [4.69, 9.17) is 14.5 Å². The quantitative estimate of drug-likeness (QED) is 0.381. The number of fused-ring (bicyclic) bond motifs is 1. The Hall–Kier alpha value is -1.06. The highest BCUT2D eigenvalue weighted by atomic mass is 127. The molecule has 1 N–H and O–H groups in total. The van der Waals surface area contributed by atoms with E-state index in [0.717, 1.165) is 58.2 Å². The topological polar surface area (TPSA) is 49.3 Å². The monoisotopic (exact) mass is 514 g/mol. The number of benzene rings is 1. The second-order valence-corrected chi connectivity index (χ2v) is 8.07. The van der Waals surface area contributed by atoms with Gasteiger partial charge in [-0.15, -0.1) is 24.0 Å². The van der Waals surface area contributed by atoms with Crippen LogP contribution in [0.1, 0.15) is 37.3 Å². The molecule has 7 heteroatoms. The lowest BCUT2D eigenvalue weighted by molar-refractivity contribution is -0.0817. The molecule has 0 aromatic heterocycles. The molecular formula is C22H35IN4O2. The van der Waals surface area contributed by atoms with Gasteiger partial charge in [0.2, 0.25) is 0 Å². The normalized spacial score (nSPS) is 24.8. The lowest BCUT2D eigenvalue weighted by Gasteiger charge is -2.37. The molecule has 29 heavy (non-hydrogen) atoms. The maximum atomic E-state index is 6.00. The smallest absolute Gasteiger partial charge is 0.194 e. The van der Waals surface area contributed by atoms with Gasteiger partial charge in [-0.25, -0.2) is 4.99 Å². The van der Waals surface area contributed by atoms with E-state index in [9.17, 15) is 0 Å². The number of hydrogen-bond acceptors (Lipinski definition) is 4. The number of rotatable bonds is 4. The van der Waals surface area contributed by atoms with E-state index in [-0.39, 0.29) is 36.2 Å². The number of aliphatic imine (C=N–C) groups is 1. The Morgan fingerprint density at radius 2 is 2.03 bits per heavy atom. The molecule has 0 spiro atoms. The number of nitrogens with one attached hydrogen (secondary N) is 1. The molecule has 162 valence electrons. The molecular weight excluding hydrogens is 479 g/mol. The number of morpholine rings is 1. The zero-order valence-electron chi connectivity index (χ0n) is 17.7. The highest BCUT2D eigenvalue weighted by Crippen LogP contribution is 2.27. The average molecular weight is 514 g/mol. The van der Waals surface area contributed by atoms with Crippen LogP contribution in [0.4, 0.5) is 5.69 Å². The fourth-order valence-electron chi connectivity index (χ4n) is 4.52. The summed E-state index contributed by atoms with van der Waals surface area (Å²) in [5, 5.41) is 3.47. The highest BCUT2D eigenvalue weighted by Gasteiger charge is 2.32. The Morgan fingerprint density at radius 3 is 2.83 bits per heavy atom. The van der Waals surface area contributed by atoms with Gasteiger partial charge in [0, 0.05) is 45.5 Å². The number of nitrogens with zero attached hydrogens (tertiary/aromatic N) is 3. The zero-order chi connectivity index (χ0) is 19.3. The fraction of sp³-hybridized carbons (Fsp3) is 0.682. The minimum Gasteiger partial charge on any atom is -0.375 e. The van der Waals surface area contributed by atoms with Gasteiger partial charge in [0.25, 0.3) is 0 Å². The lowest BCUT2D eigenvalue weighted by atomic mass is 10.00. The molecule has 0 saturated carbocycles. The number of hydrogen-bond donors (Lipinski definition) is 1. The number of ether oxygens (including phenoxy) is 2. The first-order chi connectivity index (χ1) is 13.7. The lowest BCUT2D eigenvalue weighted by Crippen LogP contribution is -2.53. The fourth-order valence-corrected chi connectivity index (χ4v) is 4.52. The average Bonchev–Trinajstić information content (AvgIpc) is 3.26. The molecule has 0 aliphatic carbocycles. The predicted molar refractivity (Wildman–Crippen MR) is 129 cm³/mol. The van der Waals surface area contributed by atoms with Crippen LogP contribution in [0.15, 0.2) is 23.2 Å². The maximum absolute atomic E-state index is 6.00. The van der Waals surface area contributed by atoms with Gasteiger partial charge in [-0.05, 0) is 49.8 Å². The van der Waals surface area contributed by atoms with Crippen molar-refractivity contribution in [2.45, 2.75) is 51.4 Å². The van der Waals surface area contributed by atoms with Crippen LogP contribution in [0.25, 0.3) is 0 Å². The Morgan fingerprint density at radius 1 is 1.17 bits per heavy atom. The summed E-state index contributed by atoms with van der Waals surface area (Å²) < 4.78 is 11.9. The molecule has 1 aromatic rings. The first-order valence-electron chi connectivity index (χ1n) is 10.8. The van der Waals surface area contributed by atoms with E-state index >= 15 is 0 Å². The molecule has 3 aliphatic heterocycles. The van der Waals surface area contributed by atoms with Crippen molar-refractivity contribution in [1.29, 1.82) is 0 Å². The molecule has 1 aromatic carbocycles. The molecule has 6 nitrogen and oxygen atoms in total. The van der Waals surface area contributed by atoms with E-state index in [1.54, 1.807) is 0 Å². The highest BCUT2D eigenvalue weighted by molar-refractivity contribution is 14.0. The van der Waals surface area contributed by atoms with Crippen LogP contribution in [-0.4, -0.2) is 69.5 Å². The van der Waals surface area contributed by atoms with Gasteiger partial charge >= 0.3 is 0 Å². The van der Waals surface area contributed by atoms with E-state index < -0.39 is 0 Å². The summed E-state index contributed by atoms with van der Waals surface area (Å²) in [6.07, 6.45) is 5.05. The largest absolute Gasteiger partial charge is 0.375 e. The summed E-state index contributed by atoms with van der Waals surface area (Å²) >= 11 is 0. The summed E-state index contributed by atoms with van der Waals surface area (Å²) in [7, 11) is 2.18. The molecule has 3 heterocycles. The third-order valence-electron chi connectivity index (χ3n) is 6.01. The van der Waals surface area contributed by atoms with Gasteiger partial charge in [0.15, 0.2) is 5.96 Å². The van der Waals surface area contributed by atoms with Gasteiger partial charge in [-0.1, -0.05) is 12.1 Å². The summed E-state index contributed by atoms with van der Waals surface area (Å²) in [6, 6.07) is 6.82. The van der Waals surface area contributed by atoms with Crippen molar-refractivity contribution in [1.82, 2.24) is 10.2 Å². The SMILES string of the molecule is CCNC(=NCc1ccc2c(c1)CCCN2C)N1CCOC(C2CCCO2)C1.I. The summed E-state index contributed by atoms with van der Waals surface area (Å²) in [6.45, 7) is 8.19. The minimum atomic E-state index is 0. The van der Waals surface area contributed by atoms with Crippen molar-refractivity contribution in [3.8, 4) is 0 Å². The van der Waals surface area contributed by atoms with Crippen molar-refractivity contribution < 1.29 is 9.47 Å². The number of aryl methyl sites for hydroxylation is 1. The van der Waals surface area contributed by atoms with Gasteiger partial charge in [0.1, 0.15) is 6.10 Å². The van der Waals surface area contributed by atoms with Crippen LogP contribution in [-0.2, 0) is 22.4 Å². The predicted octanol–water partition coefficient (Wildman–Crippen LogP) is 3.03. The molecule has 3 aliphatic rings. The van der Waals surface area contributed by atoms with Crippen molar-refractivity contribution in [3.63, 3.8) is 0 Å².